The van der Waals surface area contributed by atoms with Crippen LogP contribution in [0, 0.1) is 10.1 Å². The zero-order valence-corrected chi connectivity index (χ0v) is 10.7. The van der Waals surface area contributed by atoms with Gasteiger partial charge in [-0.15, -0.1) is 0 Å². The van der Waals surface area contributed by atoms with Gasteiger partial charge in [-0.1, -0.05) is 12.1 Å². The Hall–Kier alpha value is -3.00. The molecule has 0 aliphatic rings. The molecule has 3 aromatic rings. The van der Waals surface area contributed by atoms with Crippen molar-refractivity contribution in [1.29, 1.82) is 0 Å². The molecule has 0 amide bonds. The topological polar surface area (TPSA) is 109 Å². The Morgan fingerprint density at radius 2 is 1.95 bits per heavy atom. The minimum Gasteiger partial charge on any atom is -0.805 e. The quantitative estimate of drug-likeness (QED) is 0.544. The van der Waals surface area contributed by atoms with Crippen molar-refractivity contribution in [2.24, 2.45) is 0 Å². The third-order valence-electron chi connectivity index (χ3n) is 2.93. The largest absolute Gasteiger partial charge is 0.805 e. The lowest BCUT2D eigenvalue weighted by Gasteiger charge is -2.20. The van der Waals surface area contributed by atoms with Gasteiger partial charge >= 0.3 is 0 Å². The van der Waals surface area contributed by atoms with Gasteiger partial charge in [-0.25, -0.2) is 9.97 Å². The van der Waals surface area contributed by atoms with Gasteiger partial charge < -0.3 is 20.4 Å². The van der Waals surface area contributed by atoms with Crippen molar-refractivity contribution in [3.63, 3.8) is 0 Å². The normalized spacial score (nSPS) is 12.2. The standard InChI is InChI=1S/C13H11N5O3/c19-12(16-13-14-6-3-7-15-13)11-8-17(20)9-4-1-2-5-10(9)18(11)21/h1-8,12,19H,(H,14,15,16). The van der Waals surface area contributed by atoms with E-state index in [4.69, 9.17) is 0 Å². The molecule has 1 atom stereocenters. The van der Waals surface area contributed by atoms with Crippen LogP contribution in [0.4, 0.5) is 5.95 Å². The van der Waals surface area contributed by atoms with E-state index in [1.54, 1.807) is 18.2 Å². The molecule has 0 saturated heterocycles. The molecule has 8 nitrogen and oxygen atoms in total. The molecule has 1 aromatic carbocycles. The minimum atomic E-state index is -1.41. The summed E-state index contributed by atoms with van der Waals surface area (Å²) < 4.78 is 1.04. The first-order valence-corrected chi connectivity index (χ1v) is 6.13. The van der Waals surface area contributed by atoms with E-state index < -0.39 is 6.23 Å². The Labute approximate surface area is 118 Å². The van der Waals surface area contributed by atoms with Gasteiger partial charge in [-0.2, -0.15) is 0 Å². The number of hydrogen-bond donors (Lipinski definition) is 2. The van der Waals surface area contributed by atoms with E-state index in [1.807, 2.05) is 0 Å². The number of nitrogens with zero attached hydrogens (tertiary/aromatic N) is 4. The van der Waals surface area contributed by atoms with Gasteiger partial charge in [0.1, 0.15) is 11.2 Å². The van der Waals surface area contributed by atoms with Crippen molar-refractivity contribution in [2.45, 2.75) is 6.23 Å². The number of aliphatic hydroxyl groups excluding tert-OH is 1. The van der Waals surface area contributed by atoms with E-state index in [0.717, 1.165) is 6.20 Å². The maximum Gasteiger partial charge on any atom is 0.285 e. The fourth-order valence-corrected chi connectivity index (χ4v) is 1.95. The van der Waals surface area contributed by atoms with Gasteiger partial charge in [0.25, 0.3) is 11.7 Å². The maximum absolute atomic E-state index is 12.2. The summed E-state index contributed by atoms with van der Waals surface area (Å²) in [7, 11) is 0. The summed E-state index contributed by atoms with van der Waals surface area (Å²) in [6, 6.07) is 7.95. The Bertz CT molecular complexity index is 834. The SMILES string of the molecule is O=[n+]1cc(C(O)Nc2ncccn2)n([O-])c2ccccc21. The molecule has 8 heteroatoms. The van der Waals surface area contributed by atoms with Crippen LogP contribution < -0.4 is 9.74 Å². The predicted octanol–water partition coefficient (Wildman–Crippen LogP) is 0.795. The number of rotatable bonds is 3. The Morgan fingerprint density at radius 3 is 2.71 bits per heavy atom. The number of aromatic nitrogens is 4. The van der Waals surface area contributed by atoms with Crippen molar-refractivity contribution in [3.05, 3.63) is 64.7 Å². The molecule has 2 aromatic heterocycles. The lowest BCUT2D eigenvalue weighted by atomic mass is 10.3. The number of benzene rings is 1. The third-order valence-corrected chi connectivity index (χ3v) is 2.93. The van der Waals surface area contributed by atoms with Crippen LogP contribution in [-0.4, -0.2) is 19.8 Å². The minimum absolute atomic E-state index is 0.142. The number of hydrogen-bond acceptors (Lipinski definition) is 6. The van der Waals surface area contributed by atoms with Gasteiger partial charge in [0.2, 0.25) is 5.95 Å². The molecule has 0 aliphatic carbocycles. The van der Waals surface area contributed by atoms with Gasteiger partial charge in [0.15, 0.2) is 6.23 Å². The first kappa shape index (κ1) is 13.0. The van der Waals surface area contributed by atoms with E-state index in [9.17, 15) is 15.2 Å². The highest BCUT2D eigenvalue weighted by molar-refractivity contribution is 5.71. The molecular formula is C13H11N5O3. The highest BCUT2D eigenvalue weighted by Gasteiger charge is 2.18. The monoisotopic (exact) mass is 285 g/mol. The molecule has 0 fully saturated rings. The molecule has 2 heterocycles. The molecule has 0 saturated carbocycles. The van der Waals surface area contributed by atoms with Crippen LogP contribution in [0.1, 0.15) is 11.9 Å². The van der Waals surface area contributed by atoms with Crippen LogP contribution in [0.3, 0.4) is 0 Å². The van der Waals surface area contributed by atoms with E-state index in [2.05, 4.69) is 15.3 Å². The van der Waals surface area contributed by atoms with Crippen molar-refractivity contribution < 1.29 is 9.53 Å². The molecule has 0 aliphatic heterocycles. The molecule has 0 bridgehead atoms. The van der Waals surface area contributed by atoms with Crippen molar-refractivity contribution in [1.82, 2.24) is 14.7 Å². The summed E-state index contributed by atoms with van der Waals surface area (Å²) >= 11 is 0. The zero-order chi connectivity index (χ0) is 14.8. The maximum atomic E-state index is 12.2. The van der Waals surface area contributed by atoms with Crippen LogP contribution in [-0.2, 0) is 0 Å². The van der Waals surface area contributed by atoms with Gasteiger partial charge in [-0.05, 0) is 12.1 Å². The van der Waals surface area contributed by atoms with Gasteiger partial charge in [0, 0.05) is 23.4 Å². The number of anilines is 1. The lowest BCUT2D eigenvalue weighted by molar-refractivity contribution is -0.465. The Morgan fingerprint density at radius 1 is 1.24 bits per heavy atom. The molecule has 106 valence electrons. The highest BCUT2D eigenvalue weighted by atomic mass is 16.5. The number of para-hydroxylation sites is 2. The first-order valence-electron chi connectivity index (χ1n) is 6.13. The van der Waals surface area contributed by atoms with Crippen molar-refractivity contribution >= 4 is 17.0 Å². The van der Waals surface area contributed by atoms with Crippen LogP contribution in [0.5, 0.6) is 0 Å². The van der Waals surface area contributed by atoms with Gasteiger partial charge in [-0.3, -0.25) is 0 Å². The van der Waals surface area contributed by atoms with Crippen LogP contribution >= 0.6 is 0 Å². The molecule has 2 N–H and O–H groups in total. The fraction of sp³-hybridized carbons (Fsp3) is 0.0769. The van der Waals surface area contributed by atoms with Gasteiger partial charge in [0.05, 0.1) is 4.43 Å². The van der Waals surface area contributed by atoms with E-state index >= 15 is 0 Å². The zero-order valence-electron chi connectivity index (χ0n) is 10.7. The van der Waals surface area contributed by atoms with Crippen molar-refractivity contribution in [3.8, 4) is 0 Å². The third kappa shape index (κ3) is 2.39. The van der Waals surface area contributed by atoms with Crippen LogP contribution in [0.2, 0.25) is 0 Å². The summed E-state index contributed by atoms with van der Waals surface area (Å²) in [6.07, 6.45) is 2.59. The second kappa shape index (κ2) is 5.17. The van der Waals surface area contributed by atoms with E-state index in [0.29, 0.717) is 9.16 Å². The number of fused-ring (bicyclic) bond motifs is 1. The fourth-order valence-electron chi connectivity index (χ4n) is 1.95. The summed E-state index contributed by atoms with van der Waals surface area (Å²) in [5.74, 6) is 0.149. The average molecular weight is 285 g/mol. The molecule has 1 unspecified atom stereocenters. The van der Waals surface area contributed by atoms with Crippen LogP contribution in [0.25, 0.3) is 11.0 Å². The Balaban J connectivity index is 2.04. The van der Waals surface area contributed by atoms with Crippen LogP contribution in [0.15, 0.2) is 48.9 Å². The average Bonchev–Trinajstić information content (AvgIpc) is 2.52. The second-order valence-electron chi connectivity index (χ2n) is 4.28. The first-order chi connectivity index (χ1) is 10.2. The molecule has 21 heavy (non-hydrogen) atoms. The predicted molar refractivity (Wildman–Crippen MR) is 74.7 cm³/mol. The molecule has 0 radical (unpaired) electrons. The molecule has 0 spiro atoms. The lowest BCUT2D eigenvalue weighted by Crippen LogP contribution is -2.24. The summed E-state index contributed by atoms with van der Waals surface area (Å²) in [6.45, 7) is 0. The highest BCUT2D eigenvalue weighted by Crippen LogP contribution is 2.17. The Kier molecular flexibility index (Phi) is 3.20. The molecule has 3 rings (SSSR count). The summed E-state index contributed by atoms with van der Waals surface area (Å²) in [4.78, 5) is 19.7. The summed E-state index contributed by atoms with van der Waals surface area (Å²) in [5.41, 5.74) is 0.246. The molecular weight excluding hydrogens is 274 g/mol. The smallest absolute Gasteiger partial charge is 0.285 e. The van der Waals surface area contributed by atoms with E-state index in [-0.39, 0.29) is 22.7 Å². The number of nitrogens with one attached hydrogen (secondary N) is 1. The van der Waals surface area contributed by atoms with Crippen molar-refractivity contribution in [2.75, 3.05) is 5.32 Å². The summed E-state index contributed by atoms with van der Waals surface area (Å²) in [5, 5.41) is 24.9. The number of aliphatic hydroxyl groups is 1. The van der Waals surface area contributed by atoms with E-state index in [1.165, 1.54) is 24.5 Å². The second-order valence-corrected chi connectivity index (χ2v) is 4.28.